The van der Waals surface area contributed by atoms with Gasteiger partial charge in [0.15, 0.2) is 0 Å². The summed E-state index contributed by atoms with van der Waals surface area (Å²) in [4.78, 5) is 28.9. The van der Waals surface area contributed by atoms with Crippen molar-refractivity contribution in [2.24, 2.45) is 0 Å². The lowest BCUT2D eigenvalue weighted by atomic mass is 9.99. The minimum absolute atomic E-state index is 0.151. The molecule has 1 heterocycles. The highest BCUT2D eigenvalue weighted by Gasteiger charge is 2.31. The Balaban J connectivity index is 1.73. The van der Waals surface area contributed by atoms with Crippen molar-refractivity contribution in [2.45, 2.75) is 44.4 Å². The van der Waals surface area contributed by atoms with Gasteiger partial charge in [0.1, 0.15) is 17.6 Å². The van der Waals surface area contributed by atoms with Crippen LogP contribution in [0.4, 0.5) is 4.39 Å². The quantitative estimate of drug-likeness (QED) is 0.499. The largest absolute Gasteiger partial charge is 0.490 e. The van der Waals surface area contributed by atoms with Crippen LogP contribution in [0.5, 0.6) is 5.75 Å². The van der Waals surface area contributed by atoms with Gasteiger partial charge in [0.2, 0.25) is 5.91 Å². The number of ether oxygens (including phenoxy) is 1. The third-order valence-corrected chi connectivity index (χ3v) is 6.40. The summed E-state index contributed by atoms with van der Waals surface area (Å²) < 4.78 is 19.7. The van der Waals surface area contributed by atoms with Crippen molar-refractivity contribution >= 4 is 11.8 Å². The second-order valence-electron chi connectivity index (χ2n) is 9.10. The molecule has 0 radical (unpaired) electrons. The molecule has 36 heavy (non-hydrogen) atoms. The summed E-state index contributed by atoms with van der Waals surface area (Å²) in [5.74, 6) is -0.408. The van der Waals surface area contributed by atoms with Gasteiger partial charge >= 0.3 is 0 Å². The number of nitrogens with one attached hydrogen (secondary N) is 1. The van der Waals surface area contributed by atoms with Crippen molar-refractivity contribution < 1.29 is 18.7 Å². The van der Waals surface area contributed by atoms with E-state index >= 15 is 0 Å². The molecular formula is C30H31FN2O3. The number of hydrogen-bond donors (Lipinski definition) is 1. The van der Waals surface area contributed by atoms with Gasteiger partial charge in [0.05, 0.1) is 17.7 Å². The number of nitrogens with zero attached hydrogens (tertiary/aromatic N) is 1. The number of carbonyl (C=O) groups excluding carboxylic acids is 2. The zero-order valence-corrected chi connectivity index (χ0v) is 20.6. The first-order chi connectivity index (χ1) is 17.4. The molecule has 2 amide bonds. The van der Waals surface area contributed by atoms with Gasteiger partial charge in [-0.2, -0.15) is 0 Å². The molecule has 3 atom stereocenters. The SMILES string of the molecule is C[C@H]1C/C=C/C[C@H](c2ccc(F)cc2)NC(=O)[C@H](Cc2ccccc2)N(C)C(=O)c2ccccc2O1. The molecule has 0 saturated heterocycles. The van der Waals surface area contributed by atoms with Gasteiger partial charge in [-0.1, -0.05) is 66.7 Å². The molecule has 3 aromatic rings. The highest BCUT2D eigenvalue weighted by Crippen LogP contribution is 2.25. The van der Waals surface area contributed by atoms with Gasteiger partial charge in [0, 0.05) is 19.9 Å². The Labute approximate surface area is 211 Å². The average molecular weight is 487 g/mol. The molecule has 0 saturated carbocycles. The number of carbonyl (C=O) groups is 2. The molecule has 0 bridgehead atoms. The molecule has 1 aliphatic heterocycles. The molecule has 186 valence electrons. The van der Waals surface area contributed by atoms with Crippen LogP contribution in [-0.2, 0) is 11.2 Å². The number of halogens is 1. The third-order valence-electron chi connectivity index (χ3n) is 6.40. The number of likely N-dealkylation sites (N-methyl/N-ethyl adjacent to an activating group) is 1. The van der Waals surface area contributed by atoms with Crippen LogP contribution in [0.2, 0.25) is 0 Å². The molecule has 0 unspecified atom stereocenters. The summed E-state index contributed by atoms with van der Waals surface area (Å²) in [6, 6.07) is 21.8. The van der Waals surface area contributed by atoms with E-state index in [1.165, 1.54) is 17.0 Å². The van der Waals surface area contributed by atoms with Crippen molar-refractivity contribution in [3.05, 3.63) is 114 Å². The number of fused-ring (bicyclic) bond motifs is 1. The highest BCUT2D eigenvalue weighted by atomic mass is 19.1. The van der Waals surface area contributed by atoms with E-state index in [9.17, 15) is 14.0 Å². The fraction of sp³-hybridized carbons (Fsp3) is 0.267. The topological polar surface area (TPSA) is 58.6 Å². The lowest BCUT2D eigenvalue weighted by Crippen LogP contribution is -2.49. The second-order valence-corrected chi connectivity index (χ2v) is 9.10. The normalized spacial score (nSPS) is 22.1. The first-order valence-electron chi connectivity index (χ1n) is 12.2. The van der Waals surface area contributed by atoms with E-state index in [4.69, 9.17) is 4.74 Å². The predicted molar refractivity (Wildman–Crippen MR) is 138 cm³/mol. The Kier molecular flexibility index (Phi) is 8.16. The van der Waals surface area contributed by atoms with Crippen LogP contribution in [-0.4, -0.2) is 35.9 Å². The van der Waals surface area contributed by atoms with Gasteiger partial charge in [-0.15, -0.1) is 0 Å². The monoisotopic (exact) mass is 486 g/mol. The Morgan fingerprint density at radius 3 is 2.33 bits per heavy atom. The number of amides is 2. The van der Waals surface area contributed by atoms with Crippen molar-refractivity contribution in [1.29, 1.82) is 0 Å². The highest BCUT2D eigenvalue weighted by molar-refractivity contribution is 5.99. The van der Waals surface area contributed by atoms with Crippen LogP contribution >= 0.6 is 0 Å². The van der Waals surface area contributed by atoms with Gasteiger partial charge in [-0.25, -0.2) is 4.39 Å². The van der Waals surface area contributed by atoms with Crippen LogP contribution in [0.15, 0.2) is 91.0 Å². The van der Waals surface area contributed by atoms with Crippen LogP contribution in [0.3, 0.4) is 0 Å². The molecule has 6 heteroatoms. The van der Waals surface area contributed by atoms with Gasteiger partial charge < -0.3 is 15.0 Å². The Bertz CT molecular complexity index is 1210. The Morgan fingerprint density at radius 2 is 1.58 bits per heavy atom. The van der Waals surface area contributed by atoms with E-state index in [1.54, 1.807) is 37.4 Å². The molecular weight excluding hydrogens is 455 g/mol. The second kappa shape index (κ2) is 11.7. The summed E-state index contributed by atoms with van der Waals surface area (Å²) in [5, 5.41) is 3.13. The van der Waals surface area contributed by atoms with Gasteiger partial charge in [0.25, 0.3) is 5.91 Å². The summed E-state index contributed by atoms with van der Waals surface area (Å²) in [7, 11) is 1.65. The van der Waals surface area contributed by atoms with Crippen molar-refractivity contribution in [1.82, 2.24) is 10.2 Å². The number of rotatable bonds is 3. The molecule has 5 nitrogen and oxygen atoms in total. The van der Waals surface area contributed by atoms with E-state index in [0.717, 1.165) is 11.1 Å². The Morgan fingerprint density at radius 1 is 0.917 bits per heavy atom. The molecule has 0 aromatic heterocycles. The van der Waals surface area contributed by atoms with Crippen molar-refractivity contribution in [3.63, 3.8) is 0 Å². The molecule has 4 rings (SSSR count). The summed E-state index contributed by atoms with van der Waals surface area (Å²) >= 11 is 0. The molecule has 0 aliphatic carbocycles. The molecule has 3 aromatic carbocycles. The summed E-state index contributed by atoms with van der Waals surface area (Å²) in [6.45, 7) is 1.96. The molecule has 1 aliphatic rings. The zero-order chi connectivity index (χ0) is 25.5. The number of hydrogen-bond acceptors (Lipinski definition) is 3. The maximum atomic E-state index is 13.7. The van der Waals surface area contributed by atoms with Crippen LogP contribution in [0.1, 0.15) is 47.3 Å². The van der Waals surface area contributed by atoms with E-state index in [1.807, 2.05) is 55.5 Å². The minimum atomic E-state index is -0.764. The number of benzene rings is 3. The van der Waals surface area contributed by atoms with E-state index in [0.29, 0.717) is 30.6 Å². The first kappa shape index (κ1) is 25.2. The van der Waals surface area contributed by atoms with E-state index in [2.05, 4.69) is 5.32 Å². The van der Waals surface area contributed by atoms with Gasteiger partial charge in [-0.3, -0.25) is 9.59 Å². The van der Waals surface area contributed by atoms with E-state index < -0.39 is 6.04 Å². The molecule has 0 fully saturated rings. The lowest BCUT2D eigenvalue weighted by Gasteiger charge is -2.30. The summed E-state index contributed by atoms with van der Waals surface area (Å²) in [5.41, 5.74) is 2.15. The number of para-hydroxylation sites is 1. The molecule has 1 N–H and O–H groups in total. The maximum absolute atomic E-state index is 13.7. The molecule has 0 spiro atoms. The van der Waals surface area contributed by atoms with Crippen LogP contribution in [0, 0.1) is 5.82 Å². The lowest BCUT2D eigenvalue weighted by molar-refractivity contribution is -0.126. The average Bonchev–Trinajstić information content (AvgIpc) is 2.89. The Hall–Kier alpha value is -3.93. The minimum Gasteiger partial charge on any atom is -0.490 e. The van der Waals surface area contributed by atoms with Crippen LogP contribution in [0.25, 0.3) is 0 Å². The fourth-order valence-corrected chi connectivity index (χ4v) is 4.35. The van der Waals surface area contributed by atoms with E-state index in [-0.39, 0.29) is 29.8 Å². The first-order valence-corrected chi connectivity index (χ1v) is 12.2. The fourth-order valence-electron chi connectivity index (χ4n) is 4.35. The zero-order valence-electron chi connectivity index (χ0n) is 20.6. The standard InChI is InChI=1S/C30H31FN2O3/c1-21-10-6-8-14-26(23-16-18-24(31)19-17-23)32-29(34)27(20-22-11-4-3-5-12-22)33(2)30(35)25-13-7-9-15-28(25)36-21/h3-9,11-13,15-19,21,26-27H,10,14,20H2,1-2H3,(H,32,34)/b8-6+/t21-,26+,27-/m0/s1. The maximum Gasteiger partial charge on any atom is 0.258 e. The smallest absolute Gasteiger partial charge is 0.258 e. The third kappa shape index (κ3) is 6.19. The van der Waals surface area contributed by atoms with Crippen molar-refractivity contribution in [3.8, 4) is 5.75 Å². The van der Waals surface area contributed by atoms with Crippen LogP contribution < -0.4 is 10.1 Å². The summed E-state index contributed by atoms with van der Waals surface area (Å²) in [6.07, 6.45) is 5.38. The van der Waals surface area contributed by atoms with Gasteiger partial charge in [-0.05, 0) is 48.7 Å². The van der Waals surface area contributed by atoms with Crippen molar-refractivity contribution in [2.75, 3.05) is 7.05 Å². The predicted octanol–water partition coefficient (Wildman–Crippen LogP) is 5.48.